The van der Waals surface area contributed by atoms with Crippen LogP contribution in [0.5, 0.6) is 0 Å². The van der Waals surface area contributed by atoms with E-state index in [4.69, 9.17) is 14.2 Å². The van der Waals surface area contributed by atoms with Gasteiger partial charge < -0.3 is 14.2 Å². The van der Waals surface area contributed by atoms with Gasteiger partial charge in [0, 0.05) is 19.3 Å². The minimum absolute atomic E-state index is 0.0859. The number of hydrogen-bond acceptors (Lipinski definition) is 6. The largest absolute Gasteiger partial charge is 0.462 e. The molecular formula is C57H102O6. The fourth-order valence-electron chi connectivity index (χ4n) is 7.73. The molecule has 1 atom stereocenters. The summed E-state index contributed by atoms with van der Waals surface area (Å²) in [4.78, 5) is 38.0. The van der Waals surface area contributed by atoms with Crippen LogP contribution in [0.15, 0.2) is 48.6 Å². The lowest BCUT2D eigenvalue weighted by molar-refractivity contribution is -0.167. The molecule has 0 unspecified atom stereocenters. The Morgan fingerprint density at radius 1 is 0.317 bits per heavy atom. The highest BCUT2D eigenvalue weighted by Gasteiger charge is 2.19. The molecule has 0 fully saturated rings. The van der Waals surface area contributed by atoms with Crippen molar-refractivity contribution in [2.75, 3.05) is 13.2 Å². The van der Waals surface area contributed by atoms with Crippen molar-refractivity contribution >= 4 is 17.9 Å². The molecule has 0 aromatic carbocycles. The minimum atomic E-state index is -0.790. The summed E-state index contributed by atoms with van der Waals surface area (Å²) in [5.41, 5.74) is 0. The lowest BCUT2D eigenvalue weighted by Gasteiger charge is -2.18. The smallest absolute Gasteiger partial charge is 0.306 e. The lowest BCUT2D eigenvalue weighted by Crippen LogP contribution is -2.30. The van der Waals surface area contributed by atoms with Crippen molar-refractivity contribution in [2.24, 2.45) is 0 Å². The molecule has 0 aliphatic rings. The summed E-state index contributed by atoms with van der Waals surface area (Å²) in [7, 11) is 0. The average Bonchev–Trinajstić information content (AvgIpc) is 3.28. The van der Waals surface area contributed by atoms with E-state index in [0.717, 1.165) is 64.2 Å². The van der Waals surface area contributed by atoms with Crippen molar-refractivity contribution in [3.05, 3.63) is 48.6 Å². The Kier molecular flexibility index (Phi) is 49.8. The van der Waals surface area contributed by atoms with Gasteiger partial charge >= 0.3 is 17.9 Å². The quantitative estimate of drug-likeness (QED) is 0.0262. The molecule has 0 saturated heterocycles. The fraction of sp³-hybridized carbons (Fsp3) is 0.807. The van der Waals surface area contributed by atoms with E-state index < -0.39 is 6.10 Å². The van der Waals surface area contributed by atoms with Gasteiger partial charge in [0.2, 0.25) is 0 Å². The first-order valence-electron chi connectivity index (χ1n) is 27.1. The second-order valence-corrected chi connectivity index (χ2v) is 18.2. The lowest BCUT2D eigenvalue weighted by atomic mass is 10.0. The zero-order chi connectivity index (χ0) is 45.8. The van der Waals surface area contributed by atoms with E-state index in [1.54, 1.807) is 0 Å². The van der Waals surface area contributed by atoms with Crippen LogP contribution in [0.4, 0.5) is 0 Å². The number of carbonyl (C=O) groups is 3. The molecule has 0 spiro atoms. The predicted molar refractivity (Wildman–Crippen MR) is 270 cm³/mol. The van der Waals surface area contributed by atoms with Gasteiger partial charge in [0.1, 0.15) is 13.2 Å². The standard InChI is InChI=1S/C57H102O6/c1-4-7-10-13-16-19-22-25-27-28-30-32-35-38-41-44-47-50-56(59)62-53-54(52-61-55(58)49-46-43-40-37-34-31-24-21-18-15-12-9-6-3)63-57(60)51-48-45-42-39-36-33-29-26-23-20-17-14-11-8-5-2/h16,19,25,27,30,32,38,41,54H,4-15,17-18,20-24,26,28-29,31,33-37,39-40,42-53H2,1-3H3/b19-16-,27-25-,32-30-,41-38-/t54-/m1/s1. The molecule has 0 rings (SSSR count). The van der Waals surface area contributed by atoms with Crippen molar-refractivity contribution in [2.45, 2.75) is 284 Å². The Morgan fingerprint density at radius 2 is 0.587 bits per heavy atom. The van der Waals surface area contributed by atoms with Gasteiger partial charge in [-0.05, 0) is 57.8 Å². The summed E-state index contributed by atoms with van der Waals surface area (Å²) in [6.07, 6.45) is 62.4. The molecule has 0 aliphatic heterocycles. The summed E-state index contributed by atoms with van der Waals surface area (Å²) < 4.78 is 16.8. The highest BCUT2D eigenvalue weighted by atomic mass is 16.6. The van der Waals surface area contributed by atoms with Crippen molar-refractivity contribution < 1.29 is 28.6 Å². The van der Waals surface area contributed by atoms with Gasteiger partial charge in [0.05, 0.1) is 0 Å². The van der Waals surface area contributed by atoms with Gasteiger partial charge in [-0.3, -0.25) is 14.4 Å². The summed E-state index contributed by atoms with van der Waals surface area (Å²) in [6, 6.07) is 0. The monoisotopic (exact) mass is 883 g/mol. The maximum atomic E-state index is 12.8. The van der Waals surface area contributed by atoms with Crippen LogP contribution in [0.1, 0.15) is 278 Å². The van der Waals surface area contributed by atoms with Gasteiger partial charge in [0.25, 0.3) is 0 Å². The minimum Gasteiger partial charge on any atom is -0.462 e. The van der Waals surface area contributed by atoms with E-state index in [9.17, 15) is 14.4 Å². The van der Waals surface area contributed by atoms with Crippen molar-refractivity contribution in [1.29, 1.82) is 0 Å². The zero-order valence-electron chi connectivity index (χ0n) is 41.8. The number of allylic oxidation sites excluding steroid dienone is 8. The van der Waals surface area contributed by atoms with Crippen LogP contribution in [0, 0.1) is 0 Å². The molecule has 0 aromatic rings. The van der Waals surface area contributed by atoms with E-state index >= 15 is 0 Å². The van der Waals surface area contributed by atoms with Crippen LogP contribution in [-0.2, 0) is 28.6 Å². The molecule has 0 amide bonds. The average molecular weight is 883 g/mol. The summed E-state index contributed by atoms with van der Waals surface area (Å²) in [5.74, 6) is -0.932. The Bertz CT molecular complexity index is 1110. The van der Waals surface area contributed by atoms with Crippen molar-refractivity contribution in [3.63, 3.8) is 0 Å². The Balaban J connectivity index is 4.43. The Morgan fingerprint density at radius 3 is 0.952 bits per heavy atom. The maximum absolute atomic E-state index is 12.8. The number of hydrogen-bond donors (Lipinski definition) is 0. The molecule has 0 aliphatic carbocycles. The molecule has 0 aromatic heterocycles. The highest BCUT2D eigenvalue weighted by molar-refractivity contribution is 5.71. The summed E-state index contributed by atoms with van der Waals surface area (Å²) in [6.45, 7) is 6.59. The number of carbonyl (C=O) groups excluding carboxylic acids is 3. The molecular weight excluding hydrogens is 781 g/mol. The number of ether oxygens (including phenoxy) is 3. The van der Waals surface area contributed by atoms with Crippen molar-refractivity contribution in [3.8, 4) is 0 Å². The first kappa shape index (κ1) is 60.4. The third-order valence-corrected chi connectivity index (χ3v) is 11.8. The normalized spacial score (nSPS) is 12.4. The molecule has 366 valence electrons. The fourth-order valence-corrected chi connectivity index (χ4v) is 7.73. The molecule has 6 nitrogen and oxygen atoms in total. The highest BCUT2D eigenvalue weighted by Crippen LogP contribution is 2.16. The van der Waals surface area contributed by atoms with E-state index in [1.165, 1.54) is 167 Å². The molecule has 0 bridgehead atoms. The second kappa shape index (κ2) is 52.0. The third-order valence-electron chi connectivity index (χ3n) is 11.8. The topological polar surface area (TPSA) is 78.9 Å². The molecule has 0 N–H and O–H groups in total. The Labute approximate surface area is 390 Å². The van der Waals surface area contributed by atoms with E-state index in [2.05, 4.69) is 69.4 Å². The van der Waals surface area contributed by atoms with E-state index in [1.807, 2.05) is 0 Å². The van der Waals surface area contributed by atoms with Gasteiger partial charge in [-0.15, -0.1) is 0 Å². The van der Waals surface area contributed by atoms with Crippen LogP contribution in [-0.4, -0.2) is 37.2 Å². The van der Waals surface area contributed by atoms with Crippen LogP contribution in [0.2, 0.25) is 0 Å². The van der Waals surface area contributed by atoms with Gasteiger partial charge in [-0.2, -0.15) is 0 Å². The molecule has 0 heterocycles. The van der Waals surface area contributed by atoms with Crippen LogP contribution in [0.25, 0.3) is 0 Å². The van der Waals surface area contributed by atoms with Crippen LogP contribution in [0.3, 0.4) is 0 Å². The predicted octanol–water partition coefficient (Wildman–Crippen LogP) is 17.9. The first-order chi connectivity index (χ1) is 31.0. The first-order valence-corrected chi connectivity index (χ1v) is 27.1. The van der Waals surface area contributed by atoms with Crippen LogP contribution < -0.4 is 0 Å². The number of rotatable bonds is 49. The summed E-state index contributed by atoms with van der Waals surface area (Å²) >= 11 is 0. The van der Waals surface area contributed by atoms with Gasteiger partial charge in [0.15, 0.2) is 6.10 Å². The maximum Gasteiger partial charge on any atom is 0.306 e. The molecule has 63 heavy (non-hydrogen) atoms. The third kappa shape index (κ3) is 50.2. The Hall–Kier alpha value is -2.63. The van der Waals surface area contributed by atoms with Gasteiger partial charge in [-0.1, -0.05) is 249 Å². The van der Waals surface area contributed by atoms with Crippen molar-refractivity contribution in [1.82, 2.24) is 0 Å². The second-order valence-electron chi connectivity index (χ2n) is 18.2. The zero-order valence-corrected chi connectivity index (χ0v) is 41.8. The number of esters is 3. The molecule has 6 heteroatoms. The van der Waals surface area contributed by atoms with Crippen LogP contribution >= 0.6 is 0 Å². The number of unbranched alkanes of at least 4 members (excludes halogenated alkanes) is 30. The van der Waals surface area contributed by atoms with E-state index in [-0.39, 0.29) is 37.5 Å². The summed E-state index contributed by atoms with van der Waals surface area (Å²) in [5, 5.41) is 0. The molecule has 0 radical (unpaired) electrons. The molecule has 0 saturated carbocycles. The van der Waals surface area contributed by atoms with Gasteiger partial charge in [-0.25, -0.2) is 0 Å². The SMILES string of the molecule is CCCCC/C=C\C/C=C\C/C=C\C/C=C\CCCC(=O)OC[C@@H](COC(=O)CCCCCCCCCCCCCCC)OC(=O)CCCCCCCCCCCCCCCCC. The van der Waals surface area contributed by atoms with E-state index in [0.29, 0.717) is 19.3 Å².